The zero-order valence-electron chi connectivity index (χ0n) is 20.2. The molecule has 0 bridgehead atoms. The summed E-state index contributed by atoms with van der Waals surface area (Å²) < 4.78 is 18.1. The predicted octanol–water partition coefficient (Wildman–Crippen LogP) is 5.32. The number of para-hydroxylation sites is 1. The number of fused-ring (bicyclic) bond motifs is 1. The summed E-state index contributed by atoms with van der Waals surface area (Å²) in [6.07, 6.45) is 1.88. The molecule has 1 aliphatic rings. The summed E-state index contributed by atoms with van der Waals surface area (Å²) in [5.41, 5.74) is 3.47. The third-order valence-electron chi connectivity index (χ3n) is 6.78. The van der Waals surface area contributed by atoms with Crippen LogP contribution in [0.3, 0.4) is 0 Å². The van der Waals surface area contributed by atoms with Gasteiger partial charge in [-0.25, -0.2) is 4.48 Å². The number of morpholine rings is 1. The van der Waals surface area contributed by atoms with Crippen molar-refractivity contribution in [3.63, 3.8) is 0 Å². The topological polar surface area (TPSA) is 65.7 Å². The van der Waals surface area contributed by atoms with Crippen LogP contribution in [0.2, 0.25) is 0 Å². The Morgan fingerprint density at radius 2 is 1.61 bits per heavy atom. The van der Waals surface area contributed by atoms with Crippen molar-refractivity contribution in [1.29, 1.82) is 0 Å². The van der Waals surface area contributed by atoms with E-state index in [9.17, 15) is 9.59 Å². The summed E-state index contributed by atoms with van der Waals surface area (Å²) in [7, 11) is 0. The van der Waals surface area contributed by atoms with Gasteiger partial charge in [0.05, 0.1) is 24.7 Å². The van der Waals surface area contributed by atoms with Crippen molar-refractivity contribution in [1.82, 2.24) is 4.48 Å². The first-order chi connectivity index (χ1) is 17.6. The number of quaternary nitrogens is 1. The number of hydrogen-bond donors (Lipinski definition) is 0. The van der Waals surface area contributed by atoms with Gasteiger partial charge in [0.15, 0.2) is 11.0 Å². The van der Waals surface area contributed by atoms with Gasteiger partial charge in [-0.2, -0.15) is 0 Å². The molecule has 0 spiro atoms. The van der Waals surface area contributed by atoms with Crippen LogP contribution in [0.15, 0.2) is 94.1 Å². The first-order valence-corrected chi connectivity index (χ1v) is 12.4. The van der Waals surface area contributed by atoms with Gasteiger partial charge in [-0.15, -0.1) is 0 Å². The Morgan fingerprint density at radius 3 is 2.36 bits per heavy atom. The number of rotatable bonds is 8. The van der Waals surface area contributed by atoms with Crippen molar-refractivity contribution in [3.05, 3.63) is 101 Å². The lowest BCUT2D eigenvalue weighted by atomic mass is 10.0. The highest BCUT2D eigenvalue weighted by Crippen LogP contribution is 2.32. The number of esters is 1. The molecule has 6 heteroatoms. The molecule has 0 aliphatic carbocycles. The highest BCUT2D eigenvalue weighted by molar-refractivity contribution is 5.92. The van der Waals surface area contributed by atoms with Crippen molar-refractivity contribution in [2.75, 3.05) is 33.0 Å². The quantitative estimate of drug-likeness (QED) is 0.250. The summed E-state index contributed by atoms with van der Waals surface area (Å²) in [4.78, 5) is 25.8. The average Bonchev–Trinajstić information content (AvgIpc) is 2.93. The molecule has 6 nitrogen and oxygen atoms in total. The molecule has 1 fully saturated rings. The van der Waals surface area contributed by atoms with Gasteiger partial charge >= 0.3 is 11.9 Å². The van der Waals surface area contributed by atoms with E-state index in [4.69, 9.17) is 13.9 Å². The van der Waals surface area contributed by atoms with Crippen molar-refractivity contribution in [2.45, 2.75) is 19.3 Å². The molecule has 36 heavy (non-hydrogen) atoms. The van der Waals surface area contributed by atoms with E-state index in [1.807, 2.05) is 60.7 Å². The smallest absolute Gasteiger partial charge is 0.310 e. The molecular formula is C30H30NO5+. The van der Waals surface area contributed by atoms with Gasteiger partial charge in [-0.05, 0) is 30.0 Å². The maximum Gasteiger partial charge on any atom is 0.310 e. The van der Waals surface area contributed by atoms with E-state index >= 15 is 0 Å². The van der Waals surface area contributed by atoms with Gasteiger partial charge in [0.2, 0.25) is 6.73 Å². The van der Waals surface area contributed by atoms with Gasteiger partial charge in [-0.3, -0.25) is 9.59 Å². The predicted molar refractivity (Wildman–Crippen MR) is 141 cm³/mol. The fraction of sp³-hybridized carbons (Fsp3) is 0.267. The second-order valence-corrected chi connectivity index (χ2v) is 9.19. The van der Waals surface area contributed by atoms with Crippen LogP contribution < -0.4 is 9.91 Å². The zero-order valence-corrected chi connectivity index (χ0v) is 20.2. The van der Waals surface area contributed by atoms with Crippen molar-refractivity contribution in [2.24, 2.45) is 0 Å². The van der Waals surface area contributed by atoms with Crippen LogP contribution in [0.1, 0.15) is 18.4 Å². The number of ether oxygens (including phenoxy) is 2. The van der Waals surface area contributed by atoms with Gasteiger partial charge < -0.3 is 13.9 Å². The minimum absolute atomic E-state index is 0.107. The zero-order chi connectivity index (χ0) is 24.8. The number of aryl methyl sites for hydroxylation is 1. The molecule has 1 saturated heterocycles. The maximum atomic E-state index is 13.2. The summed E-state index contributed by atoms with van der Waals surface area (Å²) in [5, 5.41) is 0.532. The highest BCUT2D eigenvalue weighted by atomic mass is 16.6. The van der Waals surface area contributed by atoms with Crippen LogP contribution in [-0.4, -0.2) is 39.0 Å². The van der Waals surface area contributed by atoms with Crippen molar-refractivity contribution in [3.8, 4) is 11.1 Å². The van der Waals surface area contributed by atoms with Crippen LogP contribution in [0.4, 0.5) is 5.88 Å². The van der Waals surface area contributed by atoms with Gasteiger partial charge in [0.1, 0.15) is 13.1 Å². The fourth-order valence-corrected chi connectivity index (χ4v) is 4.70. The summed E-state index contributed by atoms with van der Waals surface area (Å²) in [5.74, 6) is 0.249. The molecule has 4 aromatic rings. The number of carbonyl (C=O) groups is 1. The minimum Gasteiger partial charge on any atom is -0.414 e. The SMILES string of the molecule is O=C(CCCc1ccccc1)OC[N+]1(c2cc(=O)c3cccc(-c4ccccc4)c3o2)CCOCC1. The molecule has 1 aliphatic heterocycles. The van der Waals surface area contributed by atoms with Crippen LogP contribution in [-0.2, 0) is 20.7 Å². The molecule has 5 rings (SSSR count). The normalized spacial score (nSPS) is 15.0. The Labute approximate surface area is 210 Å². The highest BCUT2D eigenvalue weighted by Gasteiger charge is 2.38. The molecule has 3 aromatic carbocycles. The fourth-order valence-electron chi connectivity index (χ4n) is 4.70. The van der Waals surface area contributed by atoms with E-state index in [1.54, 1.807) is 12.1 Å². The number of carbonyl (C=O) groups excluding carboxylic acids is 1. The van der Waals surface area contributed by atoms with E-state index in [0.29, 0.717) is 49.6 Å². The molecule has 0 saturated carbocycles. The van der Waals surface area contributed by atoms with E-state index in [1.165, 1.54) is 5.56 Å². The first kappa shape index (κ1) is 24.0. The number of benzene rings is 3. The molecule has 184 valence electrons. The lowest BCUT2D eigenvalue weighted by Gasteiger charge is -2.37. The molecule has 0 amide bonds. The maximum absolute atomic E-state index is 13.2. The number of nitrogens with zero attached hydrogens (tertiary/aromatic N) is 1. The van der Waals surface area contributed by atoms with Crippen LogP contribution in [0.5, 0.6) is 0 Å². The van der Waals surface area contributed by atoms with Gasteiger partial charge in [0.25, 0.3) is 0 Å². The van der Waals surface area contributed by atoms with E-state index in [-0.39, 0.29) is 22.6 Å². The molecule has 0 atom stereocenters. The van der Waals surface area contributed by atoms with Crippen molar-refractivity contribution >= 4 is 22.8 Å². The first-order valence-electron chi connectivity index (χ1n) is 12.4. The lowest BCUT2D eigenvalue weighted by molar-refractivity contribution is -0.150. The summed E-state index contributed by atoms with van der Waals surface area (Å²) in [6, 6.07) is 27.1. The van der Waals surface area contributed by atoms with E-state index in [0.717, 1.165) is 24.0 Å². The largest absolute Gasteiger partial charge is 0.414 e. The summed E-state index contributed by atoms with van der Waals surface area (Å²) in [6.45, 7) is 2.20. The van der Waals surface area contributed by atoms with Gasteiger partial charge in [-0.1, -0.05) is 72.8 Å². The minimum atomic E-state index is -0.247. The van der Waals surface area contributed by atoms with Crippen LogP contribution in [0, 0.1) is 0 Å². The molecule has 1 aromatic heterocycles. The van der Waals surface area contributed by atoms with Crippen LogP contribution in [0.25, 0.3) is 22.1 Å². The Morgan fingerprint density at radius 1 is 0.889 bits per heavy atom. The van der Waals surface area contributed by atoms with E-state index < -0.39 is 0 Å². The molecule has 0 N–H and O–H groups in total. The molecule has 0 unspecified atom stereocenters. The Balaban J connectivity index is 1.39. The number of hydrogen-bond acceptors (Lipinski definition) is 5. The molecule has 2 heterocycles. The van der Waals surface area contributed by atoms with Crippen molar-refractivity contribution < 1.29 is 18.7 Å². The Hall–Kier alpha value is -3.74. The Bertz CT molecular complexity index is 1380. The third-order valence-corrected chi connectivity index (χ3v) is 6.78. The molecular weight excluding hydrogens is 454 g/mol. The third kappa shape index (κ3) is 5.25. The van der Waals surface area contributed by atoms with E-state index in [2.05, 4.69) is 12.1 Å². The van der Waals surface area contributed by atoms with Gasteiger partial charge in [0, 0.05) is 12.0 Å². The standard InChI is InChI=1S/C30H30NO5/c32-27-21-28(36-30-25(14-8-15-26(27)30)24-12-5-2-6-13-24)31(17-19-34-20-18-31)22-35-29(33)16-7-11-23-9-3-1-4-10-23/h1-6,8-10,12-15,21H,7,11,16-20,22H2/q+1. The Kier molecular flexibility index (Phi) is 7.26. The second kappa shape index (κ2) is 10.9. The second-order valence-electron chi connectivity index (χ2n) is 9.19. The van der Waals surface area contributed by atoms with Crippen LogP contribution >= 0.6 is 0 Å². The monoisotopic (exact) mass is 484 g/mol. The average molecular weight is 485 g/mol. The lowest BCUT2D eigenvalue weighted by Crippen LogP contribution is -2.58. The molecule has 0 radical (unpaired) electrons. The summed E-state index contributed by atoms with van der Waals surface area (Å²) >= 11 is 0.